The highest BCUT2D eigenvalue weighted by Crippen LogP contribution is 2.32. The van der Waals surface area contributed by atoms with Crippen molar-refractivity contribution in [1.82, 2.24) is 9.66 Å². The van der Waals surface area contributed by atoms with Crippen LogP contribution in [0.5, 0.6) is 5.75 Å². The maximum atomic E-state index is 13.3. The third-order valence-corrected chi connectivity index (χ3v) is 5.63. The van der Waals surface area contributed by atoms with E-state index in [-0.39, 0.29) is 27.2 Å². The molecule has 0 fully saturated rings. The number of phenolic OH excluding ortho intramolecular Hbond substituents is 1. The second-order valence-electron chi connectivity index (χ2n) is 6.94. The number of rotatable bonds is 3. The lowest BCUT2D eigenvalue weighted by Crippen LogP contribution is -2.20. The highest BCUT2D eigenvalue weighted by atomic mass is 35.5. The summed E-state index contributed by atoms with van der Waals surface area (Å²) in [6.45, 7) is 0. The van der Waals surface area contributed by atoms with Gasteiger partial charge in [0.2, 0.25) is 5.82 Å². The fourth-order valence-electron chi connectivity index (χ4n) is 3.30. The number of nitrogens with zero attached hydrogens (tertiary/aromatic N) is 3. The molecule has 0 aliphatic rings. The van der Waals surface area contributed by atoms with Crippen molar-refractivity contribution < 1.29 is 9.52 Å². The van der Waals surface area contributed by atoms with Gasteiger partial charge in [-0.3, -0.25) is 4.79 Å². The van der Waals surface area contributed by atoms with E-state index in [1.807, 2.05) is 0 Å². The van der Waals surface area contributed by atoms with E-state index < -0.39 is 0 Å². The van der Waals surface area contributed by atoms with Gasteiger partial charge >= 0.3 is 0 Å². The first-order chi connectivity index (χ1) is 15.4. The largest absolute Gasteiger partial charge is 0.505 e. The summed E-state index contributed by atoms with van der Waals surface area (Å²) in [4.78, 5) is 17.9. The minimum Gasteiger partial charge on any atom is -0.505 e. The van der Waals surface area contributed by atoms with Crippen molar-refractivity contribution in [3.05, 3.63) is 91.6 Å². The monoisotopic (exact) mass is 483 g/mol. The summed E-state index contributed by atoms with van der Waals surface area (Å²) in [5.74, 6) is 0.342. The van der Waals surface area contributed by atoms with Crippen molar-refractivity contribution in [2.75, 3.05) is 0 Å². The molecule has 0 spiro atoms. The van der Waals surface area contributed by atoms with E-state index in [4.69, 9.17) is 39.2 Å². The molecule has 0 aliphatic heterocycles. The van der Waals surface area contributed by atoms with Crippen LogP contribution in [0.25, 0.3) is 33.5 Å². The van der Waals surface area contributed by atoms with E-state index in [1.54, 1.807) is 48.5 Å². The molecular formula is C23H12Cl3N3O3. The van der Waals surface area contributed by atoms with Gasteiger partial charge in [-0.1, -0.05) is 46.9 Å². The molecule has 158 valence electrons. The van der Waals surface area contributed by atoms with Crippen LogP contribution in [-0.2, 0) is 0 Å². The summed E-state index contributed by atoms with van der Waals surface area (Å²) in [6, 6.07) is 16.9. The first kappa shape index (κ1) is 20.6. The Morgan fingerprint density at radius 1 is 1.00 bits per heavy atom. The molecule has 0 amide bonds. The Labute approximate surface area is 195 Å². The molecule has 3 aromatic carbocycles. The lowest BCUT2D eigenvalue weighted by Gasteiger charge is -2.07. The van der Waals surface area contributed by atoms with E-state index in [2.05, 4.69) is 10.1 Å². The predicted octanol–water partition coefficient (Wildman–Crippen LogP) is 6.36. The zero-order chi connectivity index (χ0) is 22.4. The van der Waals surface area contributed by atoms with Gasteiger partial charge in [0.25, 0.3) is 5.56 Å². The first-order valence-corrected chi connectivity index (χ1v) is 10.5. The Morgan fingerprint density at radius 2 is 1.75 bits per heavy atom. The Hall–Kier alpha value is -3.32. The molecule has 6 nitrogen and oxygen atoms in total. The van der Waals surface area contributed by atoms with Crippen LogP contribution >= 0.6 is 34.8 Å². The number of hydrogen-bond donors (Lipinski definition) is 1. The molecule has 0 radical (unpaired) electrons. The summed E-state index contributed by atoms with van der Waals surface area (Å²) in [5, 5.41) is 16.0. The molecule has 5 aromatic rings. The number of furan rings is 1. The molecule has 0 saturated heterocycles. The molecular weight excluding hydrogens is 473 g/mol. The third-order valence-electron chi connectivity index (χ3n) is 4.81. The fraction of sp³-hybridized carbons (Fsp3) is 0. The second-order valence-corrected chi connectivity index (χ2v) is 8.19. The van der Waals surface area contributed by atoms with Crippen LogP contribution in [0.2, 0.25) is 15.1 Å². The van der Waals surface area contributed by atoms with E-state index in [1.165, 1.54) is 18.3 Å². The van der Waals surface area contributed by atoms with E-state index in [9.17, 15) is 9.90 Å². The highest BCUT2D eigenvalue weighted by molar-refractivity contribution is 6.37. The van der Waals surface area contributed by atoms with Crippen molar-refractivity contribution in [3.63, 3.8) is 0 Å². The first-order valence-electron chi connectivity index (χ1n) is 9.34. The number of aromatic hydroxyl groups is 1. The molecule has 0 saturated carbocycles. The second kappa shape index (κ2) is 7.98. The average Bonchev–Trinajstić information content (AvgIpc) is 3.19. The summed E-state index contributed by atoms with van der Waals surface area (Å²) >= 11 is 18.1. The molecule has 1 N–H and O–H groups in total. The molecule has 0 bridgehead atoms. The van der Waals surface area contributed by atoms with Gasteiger partial charge in [-0.25, -0.2) is 4.98 Å². The van der Waals surface area contributed by atoms with E-state index in [0.29, 0.717) is 32.8 Å². The topological polar surface area (TPSA) is 80.6 Å². The number of halogens is 3. The van der Waals surface area contributed by atoms with Crippen LogP contribution in [0.1, 0.15) is 5.56 Å². The summed E-state index contributed by atoms with van der Waals surface area (Å²) in [7, 11) is 0. The van der Waals surface area contributed by atoms with Crippen molar-refractivity contribution >= 4 is 62.9 Å². The zero-order valence-electron chi connectivity index (χ0n) is 16.1. The average molecular weight is 485 g/mol. The quantitative estimate of drug-likeness (QED) is 0.302. The van der Waals surface area contributed by atoms with Gasteiger partial charge in [0.05, 0.1) is 27.2 Å². The van der Waals surface area contributed by atoms with Gasteiger partial charge in [-0.05, 0) is 54.1 Å². The molecule has 0 aliphatic carbocycles. The summed E-state index contributed by atoms with van der Waals surface area (Å²) < 4.78 is 7.08. The Balaban J connectivity index is 1.73. The molecule has 9 heteroatoms. The van der Waals surface area contributed by atoms with Crippen molar-refractivity contribution in [2.24, 2.45) is 5.10 Å². The fourth-order valence-corrected chi connectivity index (χ4v) is 3.98. The normalized spacial score (nSPS) is 11.7. The maximum Gasteiger partial charge on any atom is 0.282 e. The van der Waals surface area contributed by atoms with Crippen LogP contribution in [0, 0.1) is 0 Å². The van der Waals surface area contributed by atoms with Gasteiger partial charge in [-0.15, -0.1) is 0 Å². The van der Waals surface area contributed by atoms with Gasteiger partial charge < -0.3 is 9.52 Å². The molecule has 0 unspecified atom stereocenters. The van der Waals surface area contributed by atoms with Crippen molar-refractivity contribution in [2.45, 2.75) is 0 Å². The van der Waals surface area contributed by atoms with Crippen LogP contribution in [0.4, 0.5) is 0 Å². The summed E-state index contributed by atoms with van der Waals surface area (Å²) in [5.41, 5.74) is 1.21. The van der Waals surface area contributed by atoms with Crippen LogP contribution < -0.4 is 5.56 Å². The van der Waals surface area contributed by atoms with E-state index in [0.717, 1.165) is 10.1 Å². The molecule has 2 aromatic heterocycles. The number of benzene rings is 3. The number of aromatic nitrogens is 2. The maximum absolute atomic E-state index is 13.3. The minimum absolute atomic E-state index is 0.0670. The van der Waals surface area contributed by atoms with E-state index >= 15 is 0 Å². The Kier molecular flexibility index (Phi) is 5.13. The predicted molar refractivity (Wildman–Crippen MR) is 127 cm³/mol. The van der Waals surface area contributed by atoms with Gasteiger partial charge in [0.1, 0.15) is 5.58 Å². The van der Waals surface area contributed by atoms with Gasteiger partial charge in [-0.2, -0.15) is 9.78 Å². The van der Waals surface area contributed by atoms with Gasteiger partial charge in [0, 0.05) is 10.4 Å². The zero-order valence-corrected chi connectivity index (χ0v) is 18.4. The lowest BCUT2D eigenvalue weighted by atomic mass is 10.2. The van der Waals surface area contributed by atoms with Crippen LogP contribution in [0.15, 0.2) is 75.0 Å². The smallest absolute Gasteiger partial charge is 0.282 e. The number of fused-ring (bicyclic) bond motifs is 2. The lowest BCUT2D eigenvalue weighted by molar-refractivity contribution is 0.476. The van der Waals surface area contributed by atoms with Crippen molar-refractivity contribution in [3.8, 4) is 17.3 Å². The number of phenols is 1. The molecule has 5 rings (SSSR count). The molecule has 2 heterocycles. The number of hydrogen-bond acceptors (Lipinski definition) is 5. The SMILES string of the molecule is O=c1c2ccccc2nc(-c2cc3cc(Cl)ccc3o2)n1N=Cc1cc(Cl)c(O)c(Cl)c1. The Bertz CT molecular complexity index is 1580. The van der Waals surface area contributed by atoms with Crippen LogP contribution in [0.3, 0.4) is 0 Å². The highest BCUT2D eigenvalue weighted by Gasteiger charge is 2.16. The summed E-state index contributed by atoms with van der Waals surface area (Å²) in [6.07, 6.45) is 1.40. The number of para-hydroxylation sites is 1. The Morgan fingerprint density at radius 3 is 2.53 bits per heavy atom. The third kappa shape index (κ3) is 3.62. The van der Waals surface area contributed by atoms with Gasteiger partial charge in [0.15, 0.2) is 11.5 Å². The molecule has 0 atom stereocenters. The molecule has 32 heavy (non-hydrogen) atoms. The minimum atomic E-state index is -0.378. The van der Waals surface area contributed by atoms with Crippen molar-refractivity contribution in [1.29, 1.82) is 0 Å². The standard InChI is InChI=1S/C23H12Cl3N3O3/c24-14-5-6-19-13(9-14)10-20(32-19)22-28-18-4-2-1-3-15(18)23(31)29(22)27-11-12-7-16(25)21(30)17(26)8-12/h1-11,30H. The van der Waals surface area contributed by atoms with Crippen LogP contribution in [-0.4, -0.2) is 21.0 Å².